The molecule has 0 spiro atoms. The van der Waals surface area contributed by atoms with Crippen molar-refractivity contribution in [1.82, 2.24) is 4.98 Å². The molecule has 0 aliphatic heterocycles. The predicted molar refractivity (Wildman–Crippen MR) is 69.1 cm³/mol. The Labute approximate surface area is 103 Å². The molecule has 0 saturated heterocycles. The van der Waals surface area contributed by atoms with Crippen molar-refractivity contribution in [3.63, 3.8) is 0 Å². The van der Waals surface area contributed by atoms with E-state index in [0.29, 0.717) is 5.13 Å². The van der Waals surface area contributed by atoms with Gasteiger partial charge in [-0.2, -0.15) is 0 Å². The summed E-state index contributed by atoms with van der Waals surface area (Å²) in [5.74, 6) is 1.79. The Kier molecular flexibility index (Phi) is 3.69. The lowest BCUT2D eigenvalue weighted by atomic mass is 10.2. The number of aromatic nitrogens is 1. The van der Waals surface area contributed by atoms with Gasteiger partial charge in [-0.15, -0.1) is 11.8 Å². The number of hydrogen-bond acceptors (Lipinski definition) is 5. The smallest absolute Gasteiger partial charge is 0.181 e. The number of methoxy groups -OCH3 is 1. The highest BCUT2D eigenvalue weighted by atomic mass is 32.2. The van der Waals surface area contributed by atoms with Crippen LogP contribution in [0.1, 0.15) is 5.56 Å². The van der Waals surface area contributed by atoms with E-state index in [1.807, 2.05) is 24.4 Å². The highest BCUT2D eigenvalue weighted by Gasteiger charge is 2.01. The molecule has 1 aromatic heterocycles. The molecule has 16 heavy (non-hydrogen) atoms. The monoisotopic (exact) mass is 252 g/mol. The van der Waals surface area contributed by atoms with Crippen LogP contribution in [0.25, 0.3) is 0 Å². The average Bonchev–Trinajstić information content (AvgIpc) is 2.73. The largest absolute Gasteiger partial charge is 0.497 e. The molecule has 5 heteroatoms. The van der Waals surface area contributed by atoms with Crippen LogP contribution in [0.4, 0.5) is 5.13 Å². The topological polar surface area (TPSA) is 48.1 Å². The minimum Gasteiger partial charge on any atom is -0.497 e. The summed E-state index contributed by atoms with van der Waals surface area (Å²) in [5.41, 5.74) is 6.80. The lowest BCUT2D eigenvalue weighted by Crippen LogP contribution is -1.84. The van der Waals surface area contributed by atoms with E-state index < -0.39 is 0 Å². The Hall–Kier alpha value is -1.20. The zero-order valence-electron chi connectivity index (χ0n) is 8.84. The Bertz CT molecular complexity index is 471. The molecule has 1 aromatic carbocycles. The van der Waals surface area contributed by atoms with Gasteiger partial charge >= 0.3 is 0 Å². The number of ether oxygens (including phenoxy) is 1. The summed E-state index contributed by atoms with van der Waals surface area (Å²) in [4.78, 5) is 4.01. The first-order valence-corrected chi connectivity index (χ1v) is 6.55. The SMILES string of the molecule is COc1cccc(CSc2cnc(N)s2)c1. The van der Waals surface area contributed by atoms with Crippen LogP contribution < -0.4 is 10.5 Å². The second-order valence-corrected chi connectivity index (χ2v) is 5.50. The van der Waals surface area contributed by atoms with Crippen molar-refractivity contribution >= 4 is 28.2 Å². The number of nitrogens with two attached hydrogens (primary N) is 1. The molecule has 2 N–H and O–H groups in total. The van der Waals surface area contributed by atoms with E-state index in [0.717, 1.165) is 15.7 Å². The van der Waals surface area contributed by atoms with Gasteiger partial charge in [-0.3, -0.25) is 0 Å². The molecule has 2 rings (SSSR count). The van der Waals surface area contributed by atoms with Crippen LogP contribution >= 0.6 is 23.1 Å². The van der Waals surface area contributed by atoms with Crippen molar-refractivity contribution in [1.29, 1.82) is 0 Å². The Morgan fingerprint density at radius 3 is 3.06 bits per heavy atom. The number of anilines is 1. The normalized spacial score (nSPS) is 10.3. The molecule has 0 fully saturated rings. The zero-order valence-corrected chi connectivity index (χ0v) is 10.5. The van der Waals surface area contributed by atoms with E-state index in [9.17, 15) is 0 Å². The van der Waals surface area contributed by atoms with Crippen molar-refractivity contribution in [3.05, 3.63) is 36.0 Å². The molecule has 0 amide bonds. The first kappa shape index (κ1) is 11.3. The van der Waals surface area contributed by atoms with Crippen LogP contribution in [0.5, 0.6) is 5.75 Å². The Morgan fingerprint density at radius 1 is 1.50 bits per heavy atom. The minimum atomic E-state index is 0.619. The summed E-state index contributed by atoms with van der Waals surface area (Å²) in [6, 6.07) is 8.06. The van der Waals surface area contributed by atoms with Crippen molar-refractivity contribution in [3.8, 4) is 5.75 Å². The predicted octanol–water partition coefficient (Wildman–Crippen LogP) is 3.03. The molecule has 0 unspecified atom stereocenters. The van der Waals surface area contributed by atoms with Crippen molar-refractivity contribution in [2.75, 3.05) is 12.8 Å². The van der Waals surface area contributed by atoms with Crippen molar-refractivity contribution in [2.24, 2.45) is 0 Å². The van der Waals surface area contributed by atoms with Crippen LogP contribution in [-0.2, 0) is 5.75 Å². The van der Waals surface area contributed by atoms with Gasteiger partial charge in [0.25, 0.3) is 0 Å². The van der Waals surface area contributed by atoms with Crippen LogP contribution in [0, 0.1) is 0 Å². The summed E-state index contributed by atoms with van der Waals surface area (Å²) < 4.78 is 6.31. The lowest BCUT2D eigenvalue weighted by Gasteiger charge is -2.02. The van der Waals surface area contributed by atoms with E-state index >= 15 is 0 Å². The fourth-order valence-corrected chi connectivity index (χ4v) is 2.96. The van der Waals surface area contributed by atoms with Gasteiger partial charge in [0.05, 0.1) is 17.5 Å². The molecule has 3 nitrogen and oxygen atoms in total. The highest BCUT2D eigenvalue weighted by molar-refractivity contribution is 8.00. The van der Waals surface area contributed by atoms with Gasteiger partial charge in [0, 0.05) is 5.75 Å². The molecule has 0 radical (unpaired) electrons. The van der Waals surface area contributed by atoms with E-state index in [-0.39, 0.29) is 0 Å². The Balaban J connectivity index is 1.99. The van der Waals surface area contributed by atoms with Gasteiger partial charge < -0.3 is 10.5 Å². The summed E-state index contributed by atoms with van der Waals surface area (Å²) >= 11 is 3.25. The van der Waals surface area contributed by atoms with Gasteiger partial charge in [0.15, 0.2) is 5.13 Å². The third kappa shape index (κ3) is 2.90. The molecule has 0 bridgehead atoms. The van der Waals surface area contributed by atoms with Gasteiger partial charge in [-0.05, 0) is 17.7 Å². The van der Waals surface area contributed by atoms with Crippen LogP contribution in [0.3, 0.4) is 0 Å². The van der Waals surface area contributed by atoms with E-state index in [2.05, 4.69) is 11.1 Å². The maximum atomic E-state index is 5.57. The molecular weight excluding hydrogens is 240 g/mol. The first-order chi connectivity index (χ1) is 7.78. The quantitative estimate of drug-likeness (QED) is 0.850. The zero-order chi connectivity index (χ0) is 11.4. The average molecular weight is 252 g/mol. The molecule has 0 atom stereocenters. The summed E-state index contributed by atoms with van der Waals surface area (Å²) in [6.45, 7) is 0. The maximum absolute atomic E-state index is 5.57. The number of thiazole rings is 1. The molecule has 2 aromatic rings. The lowest BCUT2D eigenvalue weighted by molar-refractivity contribution is 0.414. The number of nitrogen functional groups attached to an aromatic ring is 1. The number of thioether (sulfide) groups is 1. The van der Waals surface area contributed by atoms with E-state index in [4.69, 9.17) is 10.5 Å². The second kappa shape index (κ2) is 5.23. The van der Waals surface area contributed by atoms with Gasteiger partial charge in [-0.1, -0.05) is 23.5 Å². The highest BCUT2D eigenvalue weighted by Crippen LogP contribution is 2.29. The van der Waals surface area contributed by atoms with Crippen LogP contribution in [0.2, 0.25) is 0 Å². The third-order valence-electron chi connectivity index (χ3n) is 2.02. The van der Waals surface area contributed by atoms with E-state index in [1.54, 1.807) is 18.9 Å². The van der Waals surface area contributed by atoms with Gasteiger partial charge in [0.1, 0.15) is 5.75 Å². The van der Waals surface area contributed by atoms with Crippen LogP contribution in [0.15, 0.2) is 34.7 Å². The van der Waals surface area contributed by atoms with Gasteiger partial charge in [0.2, 0.25) is 0 Å². The summed E-state index contributed by atoms with van der Waals surface area (Å²) in [5, 5.41) is 0.619. The fraction of sp³-hybridized carbons (Fsp3) is 0.182. The number of benzene rings is 1. The van der Waals surface area contributed by atoms with E-state index in [1.165, 1.54) is 16.9 Å². The van der Waals surface area contributed by atoms with Gasteiger partial charge in [-0.25, -0.2) is 4.98 Å². The standard InChI is InChI=1S/C11H12N2OS2/c1-14-9-4-2-3-8(5-9)7-15-10-6-13-11(12)16-10/h2-6H,7H2,1H3,(H2,12,13). The summed E-state index contributed by atoms with van der Waals surface area (Å²) in [7, 11) is 1.68. The number of rotatable bonds is 4. The fourth-order valence-electron chi connectivity index (χ4n) is 1.26. The third-order valence-corrected chi connectivity index (χ3v) is 4.11. The minimum absolute atomic E-state index is 0.619. The maximum Gasteiger partial charge on any atom is 0.181 e. The number of hydrogen-bond donors (Lipinski definition) is 1. The molecule has 0 aliphatic rings. The number of nitrogens with zero attached hydrogens (tertiary/aromatic N) is 1. The molecule has 0 aliphatic carbocycles. The molecule has 1 heterocycles. The molecule has 84 valence electrons. The second-order valence-electron chi connectivity index (χ2n) is 3.16. The molecule has 0 saturated carbocycles. The first-order valence-electron chi connectivity index (χ1n) is 4.75. The van der Waals surface area contributed by atoms with Crippen LogP contribution in [-0.4, -0.2) is 12.1 Å². The van der Waals surface area contributed by atoms with Crippen molar-refractivity contribution < 1.29 is 4.74 Å². The molecular formula is C11H12N2OS2. The summed E-state index contributed by atoms with van der Waals surface area (Å²) in [6.07, 6.45) is 1.81. The Morgan fingerprint density at radius 2 is 2.38 bits per heavy atom. The van der Waals surface area contributed by atoms with Crippen molar-refractivity contribution in [2.45, 2.75) is 9.96 Å².